The summed E-state index contributed by atoms with van der Waals surface area (Å²) in [6.45, 7) is 14.7. The third-order valence-electron chi connectivity index (χ3n) is 4.94. The van der Waals surface area contributed by atoms with Crippen LogP contribution in [0.2, 0.25) is 0 Å². The summed E-state index contributed by atoms with van der Waals surface area (Å²) in [7, 11) is 2.25. The molecule has 0 saturated carbocycles. The quantitative estimate of drug-likeness (QED) is 0.758. The predicted octanol–water partition coefficient (Wildman–Crippen LogP) is 1.74. The fourth-order valence-corrected chi connectivity index (χ4v) is 3.31. The Bertz CT molecular complexity index is 246. The van der Waals surface area contributed by atoms with Crippen LogP contribution in [0, 0.1) is 5.92 Å². The summed E-state index contributed by atoms with van der Waals surface area (Å²) in [6, 6.07) is 1.46. The van der Waals surface area contributed by atoms with E-state index in [-0.39, 0.29) is 0 Å². The van der Waals surface area contributed by atoms with Gasteiger partial charge < -0.3 is 14.7 Å². The lowest BCUT2D eigenvalue weighted by molar-refractivity contribution is 0.0711. The Labute approximate surface area is 113 Å². The van der Waals surface area contributed by atoms with Gasteiger partial charge in [0.15, 0.2) is 0 Å². The molecule has 0 aromatic rings. The van der Waals surface area contributed by atoms with Crippen molar-refractivity contribution >= 4 is 0 Å². The molecular weight excluding hydrogens is 222 g/mol. The number of likely N-dealkylation sites (N-methyl/N-ethyl adjacent to an activating group) is 1. The maximum absolute atomic E-state index is 2.69. The van der Waals surface area contributed by atoms with Crippen molar-refractivity contribution in [3.63, 3.8) is 0 Å². The molecule has 0 aromatic carbocycles. The molecule has 0 N–H and O–H groups in total. The molecule has 0 bridgehead atoms. The van der Waals surface area contributed by atoms with E-state index in [2.05, 4.69) is 42.5 Å². The van der Waals surface area contributed by atoms with Crippen LogP contribution in [-0.4, -0.2) is 73.1 Å². The number of piperazine rings is 1. The van der Waals surface area contributed by atoms with Crippen LogP contribution in [0.25, 0.3) is 0 Å². The Morgan fingerprint density at radius 1 is 1.06 bits per heavy atom. The number of nitrogens with zero attached hydrogens (tertiary/aromatic N) is 3. The third-order valence-corrected chi connectivity index (χ3v) is 4.94. The molecule has 0 amide bonds. The summed E-state index contributed by atoms with van der Waals surface area (Å²) in [5, 5.41) is 0. The minimum Gasteiger partial charge on any atom is -0.301 e. The van der Waals surface area contributed by atoms with Gasteiger partial charge in [0.2, 0.25) is 0 Å². The van der Waals surface area contributed by atoms with Gasteiger partial charge in [-0.1, -0.05) is 0 Å². The highest BCUT2D eigenvalue weighted by Gasteiger charge is 2.26. The Morgan fingerprint density at radius 3 is 2.28 bits per heavy atom. The summed E-state index contributed by atoms with van der Waals surface area (Å²) in [5.41, 5.74) is 0. The van der Waals surface area contributed by atoms with Gasteiger partial charge in [-0.15, -0.1) is 0 Å². The highest BCUT2D eigenvalue weighted by molar-refractivity contribution is 4.81. The van der Waals surface area contributed by atoms with Crippen molar-refractivity contribution < 1.29 is 0 Å². The van der Waals surface area contributed by atoms with Crippen molar-refractivity contribution in [1.29, 1.82) is 0 Å². The van der Waals surface area contributed by atoms with Crippen LogP contribution in [0.4, 0.5) is 0 Å². The van der Waals surface area contributed by atoms with Crippen molar-refractivity contribution in [2.75, 3.05) is 46.3 Å². The first-order chi connectivity index (χ1) is 8.56. The molecule has 2 heterocycles. The number of likely N-dealkylation sites (tertiary alicyclic amines) is 1. The zero-order valence-electron chi connectivity index (χ0n) is 12.7. The minimum absolute atomic E-state index is 0.731. The van der Waals surface area contributed by atoms with E-state index in [1.807, 2.05) is 0 Å². The lowest BCUT2D eigenvalue weighted by atomic mass is 9.95. The van der Waals surface area contributed by atoms with Crippen LogP contribution in [-0.2, 0) is 0 Å². The predicted molar refractivity (Wildman–Crippen MR) is 78.0 cm³/mol. The molecule has 1 atom stereocenters. The van der Waals surface area contributed by atoms with E-state index in [4.69, 9.17) is 0 Å². The second-order valence-corrected chi connectivity index (χ2v) is 6.66. The Hall–Kier alpha value is -0.120. The average Bonchev–Trinajstić information content (AvgIpc) is 2.34. The lowest BCUT2D eigenvalue weighted by Crippen LogP contribution is -2.52. The number of rotatable bonds is 3. The Kier molecular flexibility index (Phi) is 5.05. The SMILES string of the molecule is CC1CN(CC2CCN(C(C)C)CC2)CCN1C. The molecule has 0 spiro atoms. The van der Waals surface area contributed by atoms with Gasteiger partial charge in [0.1, 0.15) is 0 Å². The normalized spacial score (nSPS) is 30.2. The zero-order chi connectivity index (χ0) is 13.1. The zero-order valence-corrected chi connectivity index (χ0v) is 12.7. The van der Waals surface area contributed by atoms with Crippen LogP contribution < -0.4 is 0 Å². The van der Waals surface area contributed by atoms with Gasteiger partial charge >= 0.3 is 0 Å². The smallest absolute Gasteiger partial charge is 0.0192 e. The Balaban J connectivity index is 1.72. The van der Waals surface area contributed by atoms with Gasteiger partial charge in [-0.25, -0.2) is 0 Å². The topological polar surface area (TPSA) is 9.72 Å². The summed E-state index contributed by atoms with van der Waals surface area (Å²) in [4.78, 5) is 7.81. The molecule has 2 fully saturated rings. The third kappa shape index (κ3) is 3.69. The molecule has 0 aliphatic carbocycles. The second kappa shape index (κ2) is 6.36. The standard InChI is InChI=1S/C15H31N3/c1-13(2)18-7-5-15(6-8-18)12-17-10-9-16(4)14(3)11-17/h13-15H,5-12H2,1-4H3. The summed E-state index contributed by atoms with van der Waals surface area (Å²) < 4.78 is 0. The van der Waals surface area contributed by atoms with Crippen LogP contribution >= 0.6 is 0 Å². The maximum Gasteiger partial charge on any atom is 0.0192 e. The molecule has 2 saturated heterocycles. The molecule has 1 unspecified atom stereocenters. The molecular formula is C15H31N3. The first-order valence-corrected chi connectivity index (χ1v) is 7.73. The van der Waals surface area contributed by atoms with E-state index in [1.165, 1.54) is 52.1 Å². The molecule has 2 aliphatic heterocycles. The van der Waals surface area contributed by atoms with Gasteiger partial charge in [-0.3, -0.25) is 0 Å². The lowest BCUT2D eigenvalue weighted by Gasteiger charge is -2.41. The van der Waals surface area contributed by atoms with Gasteiger partial charge in [0.05, 0.1) is 0 Å². The van der Waals surface area contributed by atoms with Crippen molar-refractivity contribution in [1.82, 2.24) is 14.7 Å². The number of piperidine rings is 1. The van der Waals surface area contributed by atoms with Crippen molar-refractivity contribution in [2.24, 2.45) is 5.92 Å². The monoisotopic (exact) mass is 253 g/mol. The van der Waals surface area contributed by atoms with Gasteiger partial charge in [0.25, 0.3) is 0 Å². The van der Waals surface area contributed by atoms with Crippen LogP contribution in [0.1, 0.15) is 33.6 Å². The number of hydrogen-bond acceptors (Lipinski definition) is 3. The molecule has 3 heteroatoms. The fraction of sp³-hybridized carbons (Fsp3) is 1.00. The molecule has 106 valence electrons. The van der Waals surface area contributed by atoms with Gasteiger partial charge in [-0.2, -0.15) is 0 Å². The summed E-state index contributed by atoms with van der Waals surface area (Å²) in [6.07, 6.45) is 2.80. The van der Waals surface area contributed by atoms with Gasteiger partial charge in [0, 0.05) is 38.3 Å². The summed E-state index contributed by atoms with van der Waals surface area (Å²) >= 11 is 0. The van der Waals surface area contributed by atoms with E-state index >= 15 is 0 Å². The fourth-order valence-electron chi connectivity index (χ4n) is 3.31. The van der Waals surface area contributed by atoms with Crippen molar-refractivity contribution in [3.8, 4) is 0 Å². The summed E-state index contributed by atoms with van der Waals surface area (Å²) in [5.74, 6) is 0.940. The van der Waals surface area contributed by atoms with Crippen molar-refractivity contribution in [3.05, 3.63) is 0 Å². The minimum atomic E-state index is 0.731. The molecule has 2 rings (SSSR count). The average molecular weight is 253 g/mol. The first kappa shape index (κ1) is 14.3. The van der Waals surface area contributed by atoms with Crippen molar-refractivity contribution in [2.45, 2.75) is 45.7 Å². The largest absolute Gasteiger partial charge is 0.301 e. The van der Waals surface area contributed by atoms with E-state index in [0.29, 0.717) is 0 Å². The van der Waals surface area contributed by atoms with Gasteiger partial charge in [-0.05, 0) is 59.7 Å². The molecule has 18 heavy (non-hydrogen) atoms. The first-order valence-electron chi connectivity index (χ1n) is 7.73. The van der Waals surface area contributed by atoms with Crippen LogP contribution in [0.3, 0.4) is 0 Å². The second-order valence-electron chi connectivity index (χ2n) is 6.66. The maximum atomic E-state index is 2.69. The van der Waals surface area contributed by atoms with E-state index in [1.54, 1.807) is 0 Å². The molecule has 3 nitrogen and oxygen atoms in total. The molecule has 0 radical (unpaired) electrons. The Morgan fingerprint density at radius 2 is 1.72 bits per heavy atom. The highest BCUT2D eigenvalue weighted by Crippen LogP contribution is 2.21. The van der Waals surface area contributed by atoms with Crippen LogP contribution in [0.15, 0.2) is 0 Å². The molecule has 2 aliphatic rings. The highest BCUT2D eigenvalue weighted by atomic mass is 15.3. The van der Waals surface area contributed by atoms with Crippen LogP contribution in [0.5, 0.6) is 0 Å². The molecule has 0 aromatic heterocycles. The van der Waals surface area contributed by atoms with E-state index in [9.17, 15) is 0 Å². The van der Waals surface area contributed by atoms with E-state index in [0.717, 1.165) is 18.0 Å². The van der Waals surface area contributed by atoms with E-state index < -0.39 is 0 Å². The number of hydrogen-bond donors (Lipinski definition) is 0.